The molecule has 2 amide bonds. The van der Waals surface area contributed by atoms with Crippen molar-refractivity contribution < 1.29 is 23.5 Å². The third-order valence-corrected chi connectivity index (χ3v) is 4.18. The third kappa shape index (κ3) is 7.26. The number of amides is 2. The van der Waals surface area contributed by atoms with Crippen LogP contribution in [0.1, 0.15) is 31.1 Å². The first-order valence-electron chi connectivity index (χ1n) is 8.51. The van der Waals surface area contributed by atoms with Crippen molar-refractivity contribution in [3.05, 3.63) is 52.4 Å². The molecule has 2 N–H and O–H groups in total. The van der Waals surface area contributed by atoms with Crippen LogP contribution in [0.25, 0.3) is 0 Å². The summed E-state index contributed by atoms with van der Waals surface area (Å²) in [4.78, 5) is 35.3. The van der Waals surface area contributed by atoms with Gasteiger partial charge in [0, 0.05) is 16.6 Å². The minimum Gasteiger partial charge on any atom is -0.467 e. The van der Waals surface area contributed by atoms with Gasteiger partial charge < -0.3 is 19.8 Å². The Hall–Kier alpha value is -2.61. The van der Waals surface area contributed by atoms with Gasteiger partial charge in [0.25, 0.3) is 5.91 Å². The molecular weight excluding hydrogens is 416 g/mol. The number of nitrogens with one attached hydrogen (secondary N) is 2. The van der Waals surface area contributed by atoms with Crippen LogP contribution in [-0.4, -0.2) is 24.4 Å². The summed E-state index contributed by atoms with van der Waals surface area (Å²) >= 11 is 3.38. The van der Waals surface area contributed by atoms with E-state index in [2.05, 4.69) is 26.6 Å². The zero-order valence-corrected chi connectivity index (χ0v) is 16.5. The molecule has 0 unspecified atom stereocenters. The fourth-order valence-corrected chi connectivity index (χ4v) is 2.69. The first kappa shape index (κ1) is 20.7. The molecule has 0 bridgehead atoms. The molecule has 1 aromatic heterocycles. The van der Waals surface area contributed by atoms with Crippen LogP contribution in [0.4, 0.5) is 5.69 Å². The second-order valence-corrected chi connectivity index (χ2v) is 6.64. The lowest BCUT2D eigenvalue weighted by molar-refractivity contribution is -0.148. The summed E-state index contributed by atoms with van der Waals surface area (Å²) in [5, 5.41) is 5.35. The second kappa shape index (κ2) is 10.5. The molecule has 27 heavy (non-hydrogen) atoms. The molecule has 0 aliphatic carbocycles. The second-order valence-electron chi connectivity index (χ2n) is 5.72. The highest BCUT2D eigenvalue weighted by atomic mass is 79.9. The molecule has 1 aromatic carbocycles. The molecule has 0 spiro atoms. The predicted molar refractivity (Wildman–Crippen MR) is 103 cm³/mol. The summed E-state index contributed by atoms with van der Waals surface area (Å²) in [6, 6.07) is 8.99. The number of benzene rings is 1. The molecule has 0 fully saturated rings. The normalized spacial score (nSPS) is 10.3. The number of esters is 1. The summed E-state index contributed by atoms with van der Waals surface area (Å²) in [5.41, 5.74) is 1.65. The molecule has 0 aliphatic rings. The Bertz CT molecular complexity index is 789. The van der Waals surface area contributed by atoms with E-state index in [1.165, 1.54) is 6.26 Å². The lowest BCUT2D eigenvalue weighted by Crippen LogP contribution is -2.25. The van der Waals surface area contributed by atoms with E-state index in [9.17, 15) is 14.4 Å². The first-order chi connectivity index (χ1) is 13.0. The molecular formula is C19H21BrN2O5. The summed E-state index contributed by atoms with van der Waals surface area (Å²) in [6.45, 7) is 1.84. The van der Waals surface area contributed by atoms with Crippen LogP contribution >= 0.6 is 15.9 Å². The summed E-state index contributed by atoms with van der Waals surface area (Å²) in [7, 11) is 0. The fourth-order valence-electron chi connectivity index (χ4n) is 2.28. The number of hydrogen-bond acceptors (Lipinski definition) is 5. The average molecular weight is 437 g/mol. The van der Waals surface area contributed by atoms with Crippen LogP contribution in [0.5, 0.6) is 0 Å². The molecule has 2 aromatic rings. The number of anilines is 1. The molecule has 0 saturated heterocycles. The van der Waals surface area contributed by atoms with E-state index in [0.29, 0.717) is 11.4 Å². The minimum absolute atomic E-state index is 0.0200. The molecule has 2 rings (SSSR count). The fraction of sp³-hybridized carbons (Fsp3) is 0.316. The first-order valence-corrected chi connectivity index (χ1v) is 9.30. The lowest BCUT2D eigenvalue weighted by atomic mass is 10.1. The number of halogens is 1. The van der Waals surface area contributed by atoms with Gasteiger partial charge in [-0.1, -0.05) is 22.9 Å². The van der Waals surface area contributed by atoms with E-state index in [4.69, 9.17) is 9.15 Å². The van der Waals surface area contributed by atoms with Crippen LogP contribution in [-0.2, 0) is 32.1 Å². The van der Waals surface area contributed by atoms with Crippen molar-refractivity contribution in [2.45, 2.75) is 32.7 Å². The molecule has 1 heterocycles. The Balaban J connectivity index is 1.67. The molecule has 0 saturated carbocycles. The standard InChI is InChI=1S/C19H21BrN2O5/c1-2-13-10-14(20)5-6-16(13)22-18(24)12-27-19(25)8-7-17(23)21-11-15-4-3-9-26-15/h3-6,9-10H,2,7-8,11-12H2,1H3,(H,21,23)(H,22,24). The highest BCUT2D eigenvalue weighted by molar-refractivity contribution is 9.10. The van der Waals surface area contributed by atoms with Crippen molar-refractivity contribution >= 4 is 39.4 Å². The Morgan fingerprint density at radius 1 is 1.15 bits per heavy atom. The largest absolute Gasteiger partial charge is 0.467 e. The van der Waals surface area contributed by atoms with Gasteiger partial charge in [-0.3, -0.25) is 14.4 Å². The van der Waals surface area contributed by atoms with Crippen LogP contribution in [0.3, 0.4) is 0 Å². The molecule has 0 atom stereocenters. The monoisotopic (exact) mass is 436 g/mol. The van der Waals surface area contributed by atoms with E-state index in [0.717, 1.165) is 16.5 Å². The Morgan fingerprint density at radius 3 is 2.67 bits per heavy atom. The number of aryl methyl sites for hydroxylation is 1. The van der Waals surface area contributed by atoms with Gasteiger partial charge in [0.05, 0.1) is 19.2 Å². The van der Waals surface area contributed by atoms with Crippen molar-refractivity contribution in [1.29, 1.82) is 0 Å². The Morgan fingerprint density at radius 2 is 1.96 bits per heavy atom. The third-order valence-electron chi connectivity index (χ3n) is 3.68. The van der Waals surface area contributed by atoms with E-state index in [-0.39, 0.29) is 25.3 Å². The van der Waals surface area contributed by atoms with E-state index in [1.807, 2.05) is 19.1 Å². The molecule has 8 heteroatoms. The van der Waals surface area contributed by atoms with Gasteiger partial charge in [0.2, 0.25) is 5.91 Å². The Kier molecular flexibility index (Phi) is 8.06. The number of carbonyl (C=O) groups excluding carboxylic acids is 3. The van der Waals surface area contributed by atoms with E-state index < -0.39 is 18.5 Å². The lowest BCUT2D eigenvalue weighted by Gasteiger charge is -2.11. The average Bonchev–Trinajstić information content (AvgIpc) is 3.18. The SMILES string of the molecule is CCc1cc(Br)ccc1NC(=O)COC(=O)CCC(=O)NCc1ccco1. The molecule has 7 nitrogen and oxygen atoms in total. The topological polar surface area (TPSA) is 97.6 Å². The van der Waals surface area contributed by atoms with Crippen molar-refractivity contribution in [1.82, 2.24) is 5.32 Å². The summed E-state index contributed by atoms with van der Waals surface area (Å²) in [6.07, 6.45) is 2.15. The van der Waals surface area contributed by atoms with Gasteiger partial charge >= 0.3 is 5.97 Å². The van der Waals surface area contributed by atoms with Crippen LogP contribution in [0.2, 0.25) is 0 Å². The summed E-state index contributed by atoms with van der Waals surface area (Å²) < 4.78 is 10.9. The zero-order valence-electron chi connectivity index (χ0n) is 14.9. The molecule has 0 radical (unpaired) electrons. The number of carbonyl (C=O) groups is 3. The Labute approximate surface area is 165 Å². The van der Waals surface area contributed by atoms with Crippen LogP contribution in [0, 0.1) is 0 Å². The van der Waals surface area contributed by atoms with Crippen LogP contribution < -0.4 is 10.6 Å². The van der Waals surface area contributed by atoms with Crippen LogP contribution in [0.15, 0.2) is 45.5 Å². The number of hydrogen-bond donors (Lipinski definition) is 2. The van der Waals surface area contributed by atoms with Crippen molar-refractivity contribution in [3.63, 3.8) is 0 Å². The van der Waals surface area contributed by atoms with Gasteiger partial charge in [-0.05, 0) is 42.3 Å². The maximum atomic E-state index is 12.0. The maximum Gasteiger partial charge on any atom is 0.306 e. The van der Waals surface area contributed by atoms with Crippen molar-refractivity contribution in [2.24, 2.45) is 0 Å². The smallest absolute Gasteiger partial charge is 0.306 e. The molecule has 0 aliphatic heterocycles. The number of rotatable bonds is 9. The maximum absolute atomic E-state index is 12.0. The zero-order chi connectivity index (χ0) is 19.6. The quantitative estimate of drug-likeness (QED) is 0.588. The van der Waals surface area contributed by atoms with Gasteiger partial charge in [-0.25, -0.2) is 0 Å². The highest BCUT2D eigenvalue weighted by Gasteiger charge is 2.12. The van der Waals surface area contributed by atoms with Gasteiger partial charge in [0.15, 0.2) is 6.61 Å². The van der Waals surface area contributed by atoms with Gasteiger partial charge in [0.1, 0.15) is 5.76 Å². The molecule has 144 valence electrons. The predicted octanol–water partition coefficient (Wildman–Crippen LogP) is 3.18. The minimum atomic E-state index is -0.607. The highest BCUT2D eigenvalue weighted by Crippen LogP contribution is 2.21. The number of ether oxygens (including phenoxy) is 1. The van der Waals surface area contributed by atoms with Gasteiger partial charge in [-0.2, -0.15) is 0 Å². The van der Waals surface area contributed by atoms with Crippen molar-refractivity contribution in [2.75, 3.05) is 11.9 Å². The van der Waals surface area contributed by atoms with E-state index in [1.54, 1.807) is 18.2 Å². The van der Waals surface area contributed by atoms with Gasteiger partial charge in [-0.15, -0.1) is 0 Å². The van der Waals surface area contributed by atoms with E-state index >= 15 is 0 Å². The van der Waals surface area contributed by atoms with Crippen molar-refractivity contribution in [3.8, 4) is 0 Å². The number of furan rings is 1. The summed E-state index contributed by atoms with van der Waals surface area (Å²) in [5.74, 6) is -0.704.